The summed E-state index contributed by atoms with van der Waals surface area (Å²) in [6, 6.07) is 12.8. The molecule has 0 atom stereocenters. The van der Waals surface area contributed by atoms with E-state index < -0.39 is 11.7 Å². The Hall–Kier alpha value is -1.25. The lowest BCUT2D eigenvalue weighted by molar-refractivity contribution is -0.137. The average Bonchev–Trinajstić information content (AvgIpc) is 2.94. The van der Waals surface area contributed by atoms with E-state index in [4.69, 9.17) is 4.42 Å². The summed E-state index contributed by atoms with van der Waals surface area (Å²) in [7, 11) is 4.22. The number of benzene rings is 2. The van der Waals surface area contributed by atoms with Crippen molar-refractivity contribution in [3.8, 4) is 0 Å². The lowest BCUT2D eigenvalue weighted by Crippen LogP contribution is -2.04. The number of fused-ring (bicyclic) bond motifs is 1. The van der Waals surface area contributed by atoms with Crippen molar-refractivity contribution in [2.45, 2.75) is 17.2 Å². The number of halogens is 3. The Labute approximate surface area is 142 Å². The number of hydrogen-bond donors (Lipinski definition) is 0. The average molecular weight is 373 g/mol. The van der Waals surface area contributed by atoms with E-state index in [0.717, 1.165) is 17.2 Å². The standard InChI is InChI=1S/C15H10F3NOS3/c16-15(17,18)11-5-3-4-10(8-11)9-21-23-22-14-19-12-6-1-2-7-13(12)20-14/h1-8H,9H2. The van der Waals surface area contributed by atoms with Gasteiger partial charge in [0.05, 0.1) is 5.56 Å². The summed E-state index contributed by atoms with van der Waals surface area (Å²) in [4.78, 5) is 4.32. The molecule has 0 saturated heterocycles. The molecule has 23 heavy (non-hydrogen) atoms. The van der Waals surface area contributed by atoms with Gasteiger partial charge in [0.2, 0.25) is 0 Å². The van der Waals surface area contributed by atoms with Crippen LogP contribution in [0.15, 0.2) is 58.2 Å². The van der Waals surface area contributed by atoms with E-state index in [-0.39, 0.29) is 0 Å². The van der Waals surface area contributed by atoms with Crippen molar-refractivity contribution in [1.82, 2.24) is 4.98 Å². The first-order chi connectivity index (χ1) is 11.0. The Bertz CT molecular complexity index is 771. The van der Waals surface area contributed by atoms with E-state index in [0.29, 0.717) is 16.5 Å². The maximum absolute atomic E-state index is 12.6. The monoisotopic (exact) mass is 373 g/mol. The molecule has 0 N–H and O–H groups in total. The van der Waals surface area contributed by atoms with Crippen LogP contribution in [0.5, 0.6) is 0 Å². The van der Waals surface area contributed by atoms with Gasteiger partial charge in [-0.15, -0.1) is 0 Å². The Morgan fingerprint density at radius 3 is 2.65 bits per heavy atom. The van der Waals surface area contributed by atoms with E-state index in [1.54, 1.807) is 6.07 Å². The molecule has 0 fully saturated rings. The fourth-order valence-corrected chi connectivity index (χ4v) is 5.07. The molecule has 1 aromatic heterocycles. The van der Waals surface area contributed by atoms with E-state index in [1.807, 2.05) is 24.3 Å². The molecule has 0 aliphatic carbocycles. The van der Waals surface area contributed by atoms with Gasteiger partial charge < -0.3 is 4.42 Å². The van der Waals surface area contributed by atoms with E-state index in [1.165, 1.54) is 43.5 Å². The van der Waals surface area contributed by atoms with Crippen molar-refractivity contribution in [1.29, 1.82) is 0 Å². The second kappa shape index (κ2) is 7.11. The minimum Gasteiger partial charge on any atom is -0.431 e. The number of alkyl halides is 3. The molecule has 0 bridgehead atoms. The zero-order valence-corrected chi connectivity index (χ0v) is 14.0. The maximum atomic E-state index is 12.6. The molecular weight excluding hydrogens is 363 g/mol. The van der Waals surface area contributed by atoms with Gasteiger partial charge in [0.25, 0.3) is 5.22 Å². The van der Waals surface area contributed by atoms with Crippen LogP contribution in [0.25, 0.3) is 11.1 Å². The lowest BCUT2D eigenvalue weighted by Gasteiger charge is -2.07. The molecule has 8 heteroatoms. The molecule has 2 nitrogen and oxygen atoms in total. The second-order valence-corrected chi connectivity index (χ2v) is 8.58. The van der Waals surface area contributed by atoms with Crippen LogP contribution < -0.4 is 0 Å². The van der Waals surface area contributed by atoms with Gasteiger partial charge in [-0.3, -0.25) is 0 Å². The summed E-state index contributed by atoms with van der Waals surface area (Å²) < 4.78 is 43.5. The SMILES string of the molecule is FC(F)(F)c1cccc(CSSSc2nc3ccccc3o2)c1. The van der Waals surface area contributed by atoms with Gasteiger partial charge in [-0.1, -0.05) is 41.1 Å². The van der Waals surface area contributed by atoms with Gasteiger partial charge in [0, 0.05) is 16.5 Å². The molecule has 0 radical (unpaired) electrons. The molecule has 0 amide bonds. The summed E-state index contributed by atoms with van der Waals surface area (Å²) >= 11 is 0. The molecule has 120 valence electrons. The largest absolute Gasteiger partial charge is 0.431 e. The Balaban J connectivity index is 1.53. The predicted molar refractivity (Wildman–Crippen MR) is 90.2 cm³/mol. The molecule has 1 heterocycles. The Kier molecular flexibility index (Phi) is 5.13. The van der Waals surface area contributed by atoms with Crippen molar-refractivity contribution in [2.75, 3.05) is 0 Å². The molecule has 0 aliphatic rings. The number of oxazole rings is 1. The van der Waals surface area contributed by atoms with Crippen LogP contribution >= 0.6 is 31.4 Å². The van der Waals surface area contributed by atoms with Crippen LogP contribution in [-0.2, 0) is 11.9 Å². The van der Waals surface area contributed by atoms with Gasteiger partial charge in [0.1, 0.15) is 5.52 Å². The molecule has 0 spiro atoms. The van der Waals surface area contributed by atoms with Crippen molar-refractivity contribution < 1.29 is 17.6 Å². The van der Waals surface area contributed by atoms with Crippen LogP contribution in [-0.4, -0.2) is 4.98 Å². The van der Waals surface area contributed by atoms with Crippen LogP contribution in [0, 0.1) is 0 Å². The number of hydrogen-bond acceptors (Lipinski definition) is 5. The molecule has 3 rings (SSSR count). The summed E-state index contributed by atoms with van der Waals surface area (Å²) in [5, 5.41) is 0.535. The summed E-state index contributed by atoms with van der Waals surface area (Å²) in [6.07, 6.45) is -4.30. The predicted octanol–water partition coefficient (Wildman–Crippen LogP) is 6.44. The van der Waals surface area contributed by atoms with E-state index in [2.05, 4.69) is 4.98 Å². The van der Waals surface area contributed by atoms with Gasteiger partial charge in [-0.05, 0) is 33.6 Å². The first-order valence-electron chi connectivity index (χ1n) is 6.50. The molecule has 0 aliphatic heterocycles. The van der Waals surface area contributed by atoms with Gasteiger partial charge in [-0.25, -0.2) is 4.98 Å². The van der Waals surface area contributed by atoms with Crippen LogP contribution in [0.4, 0.5) is 13.2 Å². The van der Waals surface area contributed by atoms with Crippen LogP contribution in [0.2, 0.25) is 0 Å². The third-order valence-corrected chi connectivity index (χ3v) is 6.59. The fourth-order valence-electron chi connectivity index (χ4n) is 1.87. The molecular formula is C15H10F3NOS3. The number of rotatable bonds is 5. The normalized spacial score (nSPS) is 12.0. The van der Waals surface area contributed by atoms with E-state index >= 15 is 0 Å². The first kappa shape index (κ1) is 16.6. The summed E-state index contributed by atoms with van der Waals surface area (Å²) in [5.41, 5.74) is 1.53. The zero-order valence-electron chi connectivity index (χ0n) is 11.5. The van der Waals surface area contributed by atoms with Crippen molar-refractivity contribution >= 4 is 42.5 Å². The zero-order chi connectivity index (χ0) is 16.3. The van der Waals surface area contributed by atoms with Gasteiger partial charge in [0.15, 0.2) is 5.58 Å². The molecule has 0 unspecified atom stereocenters. The molecule has 3 aromatic rings. The second-order valence-electron chi connectivity index (χ2n) is 4.56. The van der Waals surface area contributed by atoms with Crippen LogP contribution in [0.3, 0.4) is 0 Å². The Morgan fingerprint density at radius 1 is 1.04 bits per heavy atom. The summed E-state index contributed by atoms with van der Waals surface area (Å²) in [6.45, 7) is 0. The van der Waals surface area contributed by atoms with Crippen molar-refractivity contribution in [2.24, 2.45) is 0 Å². The van der Waals surface area contributed by atoms with Gasteiger partial charge >= 0.3 is 6.18 Å². The first-order valence-corrected chi connectivity index (χ1v) is 10.2. The minimum atomic E-state index is -4.30. The van der Waals surface area contributed by atoms with Crippen LogP contribution in [0.1, 0.15) is 11.1 Å². The number of nitrogens with zero attached hydrogens (tertiary/aromatic N) is 1. The highest BCUT2D eigenvalue weighted by molar-refractivity contribution is 9.09. The quantitative estimate of drug-likeness (QED) is 0.379. The smallest absolute Gasteiger partial charge is 0.416 e. The fraction of sp³-hybridized carbons (Fsp3) is 0.133. The third kappa shape index (κ3) is 4.39. The topological polar surface area (TPSA) is 26.0 Å². The number of aromatic nitrogens is 1. The minimum absolute atomic E-state index is 0.474. The molecule has 2 aromatic carbocycles. The number of para-hydroxylation sites is 2. The van der Waals surface area contributed by atoms with E-state index in [9.17, 15) is 13.2 Å². The van der Waals surface area contributed by atoms with Crippen molar-refractivity contribution in [3.63, 3.8) is 0 Å². The summed E-state index contributed by atoms with van der Waals surface area (Å²) in [5.74, 6) is 0.474. The van der Waals surface area contributed by atoms with Crippen molar-refractivity contribution in [3.05, 3.63) is 59.7 Å². The molecule has 0 saturated carbocycles. The maximum Gasteiger partial charge on any atom is 0.416 e. The lowest BCUT2D eigenvalue weighted by atomic mass is 10.1. The highest BCUT2D eigenvalue weighted by Gasteiger charge is 2.30. The Morgan fingerprint density at radius 2 is 1.87 bits per heavy atom. The van der Waals surface area contributed by atoms with Gasteiger partial charge in [-0.2, -0.15) is 13.2 Å². The third-order valence-electron chi connectivity index (χ3n) is 2.91. The highest BCUT2D eigenvalue weighted by atomic mass is 33.5. The highest BCUT2D eigenvalue weighted by Crippen LogP contribution is 2.42.